The number of nitrogens with zero attached hydrogens (tertiary/aromatic N) is 1. The fourth-order valence-corrected chi connectivity index (χ4v) is 4.90. The van der Waals surface area contributed by atoms with Gasteiger partial charge in [0.05, 0.1) is 0 Å². The quantitative estimate of drug-likeness (QED) is 0.606. The topological polar surface area (TPSA) is 3.24 Å². The molecule has 0 radical (unpaired) electrons. The molecule has 1 saturated heterocycles. The zero-order valence-corrected chi connectivity index (χ0v) is 16.2. The van der Waals surface area contributed by atoms with Crippen LogP contribution in [0.2, 0.25) is 0 Å². The Hall–Kier alpha value is -2.02. The Morgan fingerprint density at radius 3 is 2.42 bits per heavy atom. The van der Waals surface area contributed by atoms with E-state index in [1.54, 1.807) is 11.1 Å². The largest absolute Gasteiger partial charge is 0.371 e. The summed E-state index contributed by atoms with van der Waals surface area (Å²) in [5, 5.41) is 0. The Morgan fingerprint density at radius 1 is 1.00 bits per heavy atom. The Kier molecular flexibility index (Phi) is 4.89. The molecule has 0 bridgehead atoms. The number of aryl methyl sites for hydroxylation is 2. The third kappa shape index (κ3) is 3.32. The SMILES string of the molecule is C=CC1CCN(c2ccc([C@@H]3c4ccc(C)cc4CC[C@@H]3C)cc2)CC1. The number of hydrogen-bond acceptors (Lipinski definition) is 1. The van der Waals surface area contributed by atoms with Gasteiger partial charge in [-0.1, -0.05) is 48.9 Å². The van der Waals surface area contributed by atoms with E-state index in [9.17, 15) is 0 Å². The van der Waals surface area contributed by atoms with E-state index >= 15 is 0 Å². The van der Waals surface area contributed by atoms with Crippen LogP contribution >= 0.6 is 0 Å². The number of hydrogen-bond donors (Lipinski definition) is 0. The molecule has 1 aliphatic carbocycles. The van der Waals surface area contributed by atoms with Gasteiger partial charge in [-0.05, 0) is 73.3 Å². The van der Waals surface area contributed by atoms with E-state index in [0.29, 0.717) is 17.8 Å². The molecule has 0 saturated carbocycles. The summed E-state index contributed by atoms with van der Waals surface area (Å²) in [6.07, 6.45) is 7.11. The van der Waals surface area contributed by atoms with Crippen LogP contribution in [0.25, 0.3) is 0 Å². The highest BCUT2D eigenvalue weighted by Gasteiger charge is 2.28. The maximum Gasteiger partial charge on any atom is 0.0366 e. The van der Waals surface area contributed by atoms with Crippen LogP contribution in [0.3, 0.4) is 0 Å². The van der Waals surface area contributed by atoms with Crippen LogP contribution in [0, 0.1) is 18.8 Å². The third-order valence-electron chi connectivity index (χ3n) is 6.56. The highest BCUT2D eigenvalue weighted by atomic mass is 15.1. The lowest BCUT2D eigenvalue weighted by Crippen LogP contribution is -2.33. The van der Waals surface area contributed by atoms with Gasteiger partial charge >= 0.3 is 0 Å². The number of anilines is 1. The van der Waals surface area contributed by atoms with E-state index in [2.05, 4.69) is 73.9 Å². The number of piperidine rings is 1. The molecule has 1 fully saturated rings. The first-order valence-electron chi connectivity index (χ1n) is 10.2. The van der Waals surface area contributed by atoms with E-state index in [0.717, 1.165) is 13.1 Å². The fraction of sp³-hybridized carbons (Fsp3) is 0.440. The maximum atomic E-state index is 3.96. The van der Waals surface area contributed by atoms with Crippen molar-refractivity contribution >= 4 is 5.69 Å². The van der Waals surface area contributed by atoms with Gasteiger partial charge in [-0.25, -0.2) is 0 Å². The van der Waals surface area contributed by atoms with Crippen molar-refractivity contribution in [2.75, 3.05) is 18.0 Å². The molecule has 0 aromatic heterocycles. The Bertz CT molecular complexity index is 765. The second kappa shape index (κ2) is 7.31. The van der Waals surface area contributed by atoms with Gasteiger partial charge in [0.25, 0.3) is 0 Å². The van der Waals surface area contributed by atoms with Crippen molar-refractivity contribution in [1.29, 1.82) is 0 Å². The van der Waals surface area contributed by atoms with E-state index < -0.39 is 0 Å². The van der Waals surface area contributed by atoms with Crippen LogP contribution in [0.1, 0.15) is 54.4 Å². The van der Waals surface area contributed by atoms with Crippen LogP contribution < -0.4 is 4.90 Å². The summed E-state index contributed by atoms with van der Waals surface area (Å²) in [4.78, 5) is 2.53. The number of allylic oxidation sites excluding steroid dienone is 1. The van der Waals surface area contributed by atoms with Gasteiger partial charge in [0, 0.05) is 24.7 Å². The summed E-state index contributed by atoms with van der Waals surface area (Å²) in [7, 11) is 0. The first kappa shape index (κ1) is 17.4. The number of rotatable bonds is 3. The second-order valence-electron chi connectivity index (χ2n) is 8.35. The van der Waals surface area contributed by atoms with E-state index in [4.69, 9.17) is 0 Å². The lowest BCUT2D eigenvalue weighted by atomic mass is 9.72. The van der Waals surface area contributed by atoms with Gasteiger partial charge in [-0.2, -0.15) is 0 Å². The van der Waals surface area contributed by atoms with Gasteiger partial charge in [-0.15, -0.1) is 6.58 Å². The first-order chi connectivity index (χ1) is 12.7. The van der Waals surface area contributed by atoms with Crippen LogP contribution in [0.4, 0.5) is 5.69 Å². The molecule has 0 spiro atoms. The molecule has 1 aliphatic heterocycles. The Labute approximate surface area is 158 Å². The minimum absolute atomic E-state index is 0.542. The van der Waals surface area contributed by atoms with Gasteiger partial charge < -0.3 is 4.90 Å². The van der Waals surface area contributed by atoms with Gasteiger partial charge in [0.15, 0.2) is 0 Å². The van der Waals surface area contributed by atoms with Crippen molar-refractivity contribution in [3.05, 3.63) is 77.4 Å². The molecule has 0 unspecified atom stereocenters. The fourth-order valence-electron chi connectivity index (χ4n) is 4.90. The Morgan fingerprint density at radius 2 is 1.73 bits per heavy atom. The monoisotopic (exact) mass is 345 g/mol. The molecule has 1 nitrogen and oxygen atoms in total. The van der Waals surface area contributed by atoms with Crippen molar-refractivity contribution in [2.24, 2.45) is 11.8 Å². The predicted molar refractivity (Wildman–Crippen MR) is 112 cm³/mol. The molecule has 136 valence electrons. The minimum atomic E-state index is 0.542. The highest BCUT2D eigenvalue weighted by Crippen LogP contribution is 2.41. The molecule has 4 rings (SSSR count). The number of benzene rings is 2. The van der Waals surface area contributed by atoms with Crippen molar-refractivity contribution < 1.29 is 0 Å². The van der Waals surface area contributed by atoms with Crippen LogP contribution in [0.5, 0.6) is 0 Å². The van der Waals surface area contributed by atoms with Crippen molar-refractivity contribution in [3.8, 4) is 0 Å². The molecule has 1 heterocycles. The summed E-state index contributed by atoms with van der Waals surface area (Å²) in [6.45, 7) is 10.9. The molecule has 2 aromatic rings. The molecule has 0 N–H and O–H groups in total. The minimum Gasteiger partial charge on any atom is -0.371 e. The summed E-state index contributed by atoms with van der Waals surface area (Å²) in [5.41, 5.74) is 7.35. The average Bonchev–Trinajstić information content (AvgIpc) is 2.68. The van der Waals surface area contributed by atoms with Crippen LogP contribution in [0.15, 0.2) is 55.1 Å². The smallest absolute Gasteiger partial charge is 0.0366 e. The number of fused-ring (bicyclic) bond motifs is 1. The zero-order valence-electron chi connectivity index (χ0n) is 16.2. The normalized spacial score (nSPS) is 23.5. The molecule has 0 amide bonds. The predicted octanol–water partition coefficient (Wildman–Crippen LogP) is 6.11. The molecule has 2 atom stereocenters. The molecular formula is C25H31N. The van der Waals surface area contributed by atoms with Crippen molar-refractivity contribution in [3.63, 3.8) is 0 Å². The van der Waals surface area contributed by atoms with Crippen LogP contribution in [-0.4, -0.2) is 13.1 Å². The molecule has 2 aromatic carbocycles. The second-order valence-corrected chi connectivity index (χ2v) is 8.35. The molecule has 2 aliphatic rings. The standard InChI is InChI=1S/C25H31N/c1-4-20-13-15-26(16-14-20)23-10-8-21(9-11-23)25-19(3)6-7-22-17-18(2)5-12-24(22)25/h4-5,8-12,17,19-20,25H,1,6-7,13-16H2,2-3H3/t19-,25+/m0/s1. The molecule has 26 heavy (non-hydrogen) atoms. The first-order valence-corrected chi connectivity index (χ1v) is 10.2. The van der Waals surface area contributed by atoms with Crippen molar-refractivity contribution in [2.45, 2.75) is 45.4 Å². The lowest BCUT2D eigenvalue weighted by molar-refractivity contribution is 0.446. The summed E-state index contributed by atoms with van der Waals surface area (Å²) < 4.78 is 0. The third-order valence-corrected chi connectivity index (χ3v) is 6.56. The van der Waals surface area contributed by atoms with Crippen LogP contribution in [-0.2, 0) is 6.42 Å². The van der Waals surface area contributed by atoms with Gasteiger partial charge in [0.1, 0.15) is 0 Å². The van der Waals surface area contributed by atoms with E-state index in [1.165, 1.54) is 42.5 Å². The maximum absolute atomic E-state index is 3.96. The zero-order chi connectivity index (χ0) is 18.1. The summed E-state index contributed by atoms with van der Waals surface area (Å²) in [6, 6.07) is 16.5. The lowest BCUT2D eigenvalue weighted by Gasteiger charge is -2.34. The molecule has 1 heteroatoms. The van der Waals surface area contributed by atoms with E-state index in [-0.39, 0.29) is 0 Å². The van der Waals surface area contributed by atoms with Crippen molar-refractivity contribution in [1.82, 2.24) is 0 Å². The van der Waals surface area contributed by atoms with Gasteiger partial charge in [0.2, 0.25) is 0 Å². The van der Waals surface area contributed by atoms with Gasteiger partial charge in [-0.3, -0.25) is 0 Å². The average molecular weight is 346 g/mol. The molecular weight excluding hydrogens is 314 g/mol. The summed E-state index contributed by atoms with van der Waals surface area (Å²) >= 11 is 0. The highest BCUT2D eigenvalue weighted by molar-refractivity contribution is 5.51. The Balaban J connectivity index is 1.56. The summed E-state index contributed by atoms with van der Waals surface area (Å²) in [5.74, 6) is 1.95. The van der Waals surface area contributed by atoms with E-state index in [1.807, 2.05) is 0 Å².